The van der Waals surface area contributed by atoms with Gasteiger partial charge in [0.2, 0.25) is 0 Å². The van der Waals surface area contributed by atoms with Crippen LogP contribution >= 0.6 is 11.6 Å². The smallest absolute Gasteiger partial charge is 0.275 e. The lowest BCUT2D eigenvalue weighted by molar-refractivity contribution is -0.385. The Kier molecular flexibility index (Phi) is 4.44. The summed E-state index contributed by atoms with van der Waals surface area (Å²) in [7, 11) is -3.43. The van der Waals surface area contributed by atoms with E-state index in [2.05, 4.69) is 0 Å². The average molecular weight is 279 g/mol. The quantitative estimate of drug-likeness (QED) is 0.642. The first-order chi connectivity index (χ1) is 7.85. The van der Waals surface area contributed by atoms with Gasteiger partial charge in [0, 0.05) is 23.2 Å². The molecular formula is C9H11ClN2O4S. The standard InChI is InChI=1S/C9H11ClN2O4S/c10-8-2-1-7(9(5-8)12(13)14)6-17(15,16)4-3-11/h1-2,5H,3-4,6,11H2. The summed E-state index contributed by atoms with van der Waals surface area (Å²) < 4.78 is 23.0. The lowest BCUT2D eigenvalue weighted by atomic mass is 10.2. The normalized spacial score (nSPS) is 11.4. The first-order valence-corrected chi connectivity index (χ1v) is 6.89. The maximum Gasteiger partial charge on any atom is 0.275 e. The summed E-state index contributed by atoms with van der Waals surface area (Å²) in [6.07, 6.45) is 0. The van der Waals surface area contributed by atoms with Gasteiger partial charge >= 0.3 is 0 Å². The average Bonchev–Trinajstić information content (AvgIpc) is 2.20. The topological polar surface area (TPSA) is 103 Å². The van der Waals surface area contributed by atoms with Crippen LogP contribution < -0.4 is 5.73 Å². The van der Waals surface area contributed by atoms with Crippen LogP contribution in [0.4, 0.5) is 5.69 Å². The van der Waals surface area contributed by atoms with E-state index in [1.165, 1.54) is 12.1 Å². The molecule has 0 radical (unpaired) electrons. The number of hydrogen-bond donors (Lipinski definition) is 1. The second-order valence-corrected chi connectivity index (χ2v) is 6.03. The monoisotopic (exact) mass is 278 g/mol. The van der Waals surface area contributed by atoms with E-state index in [-0.39, 0.29) is 28.6 Å². The van der Waals surface area contributed by atoms with Gasteiger partial charge in [0.15, 0.2) is 9.84 Å². The van der Waals surface area contributed by atoms with Gasteiger partial charge in [-0.05, 0) is 12.1 Å². The molecule has 1 rings (SSSR count). The Morgan fingerprint density at radius 2 is 2.06 bits per heavy atom. The number of nitrogens with two attached hydrogens (primary N) is 1. The van der Waals surface area contributed by atoms with Gasteiger partial charge < -0.3 is 5.73 Å². The third-order valence-corrected chi connectivity index (χ3v) is 3.89. The Hall–Kier alpha value is -1.18. The molecule has 0 aromatic heterocycles. The van der Waals surface area contributed by atoms with Gasteiger partial charge in [0.25, 0.3) is 5.69 Å². The molecule has 0 aliphatic rings. The zero-order valence-electron chi connectivity index (χ0n) is 8.80. The van der Waals surface area contributed by atoms with Crippen molar-refractivity contribution in [3.63, 3.8) is 0 Å². The minimum absolute atomic E-state index is 0.0102. The summed E-state index contributed by atoms with van der Waals surface area (Å²) in [4.78, 5) is 10.1. The number of rotatable bonds is 5. The fourth-order valence-corrected chi connectivity index (χ4v) is 2.71. The maximum atomic E-state index is 11.5. The van der Waals surface area contributed by atoms with Gasteiger partial charge in [-0.3, -0.25) is 10.1 Å². The number of nitro benzene ring substituents is 1. The molecule has 0 heterocycles. The van der Waals surface area contributed by atoms with Crippen molar-refractivity contribution in [3.8, 4) is 0 Å². The summed E-state index contributed by atoms with van der Waals surface area (Å²) in [5.74, 6) is -0.607. The highest BCUT2D eigenvalue weighted by Crippen LogP contribution is 2.24. The molecule has 0 fully saturated rings. The Labute approximate surface area is 103 Å². The molecule has 8 heteroatoms. The van der Waals surface area contributed by atoms with Gasteiger partial charge in [-0.15, -0.1) is 0 Å². The molecule has 0 amide bonds. The Morgan fingerprint density at radius 1 is 1.41 bits per heavy atom. The van der Waals surface area contributed by atoms with Crippen molar-refractivity contribution in [2.24, 2.45) is 5.73 Å². The number of halogens is 1. The molecule has 17 heavy (non-hydrogen) atoms. The highest BCUT2D eigenvalue weighted by atomic mass is 35.5. The summed E-state index contributed by atoms with van der Waals surface area (Å²) in [6, 6.07) is 3.89. The predicted molar refractivity (Wildman–Crippen MR) is 64.7 cm³/mol. The van der Waals surface area contributed by atoms with Crippen LogP contribution in [0.5, 0.6) is 0 Å². The van der Waals surface area contributed by atoms with E-state index in [9.17, 15) is 18.5 Å². The zero-order valence-corrected chi connectivity index (χ0v) is 10.4. The molecule has 1 aromatic rings. The van der Waals surface area contributed by atoms with Crippen molar-refractivity contribution in [3.05, 3.63) is 38.9 Å². The molecule has 2 N–H and O–H groups in total. The molecular weight excluding hydrogens is 268 g/mol. The summed E-state index contributed by atoms with van der Waals surface area (Å²) in [5, 5.41) is 10.9. The summed E-state index contributed by atoms with van der Waals surface area (Å²) in [6.45, 7) is -0.0102. The SMILES string of the molecule is NCCS(=O)(=O)Cc1ccc(Cl)cc1[N+](=O)[O-]. The second-order valence-electron chi connectivity index (χ2n) is 3.41. The van der Waals surface area contributed by atoms with Crippen LogP contribution in [0.15, 0.2) is 18.2 Å². The molecule has 0 aliphatic carbocycles. The summed E-state index contributed by atoms with van der Waals surface area (Å²) in [5.41, 5.74) is 4.98. The molecule has 94 valence electrons. The number of sulfone groups is 1. The molecule has 1 aromatic carbocycles. The third kappa shape index (κ3) is 3.95. The summed E-state index contributed by atoms with van der Waals surface area (Å²) >= 11 is 5.62. The first kappa shape index (κ1) is 13.9. The van der Waals surface area contributed by atoms with Gasteiger partial charge in [0.1, 0.15) is 0 Å². The van der Waals surface area contributed by atoms with Crippen LogP contribution in [-0.2, 0) is 15.6 Å². The highest BCUT2D eigenvalue weighted by Gasteiger charge is 2.20. The van der Waals surface area contributed by atoms with E-state index >= 15 is 0 Å². The van der Waals surface area contributed by atoms with Crippen LogP contribution in [0.2, 0.25) is 5.02 Å². The molecule has 0 aliphatic heterocycles. The molecule has 0 saturated heterocycles. The lowest BCUT2D eigenvalue weighted by Crippen LogP contribution is -2.17. The minimum atomic E-state index is -3.43. The fraction of sp³-hybridized carbons (Fsp3) is 0.333. The van der Waals surface area contributed by atoms with Crippen molar-refractivity contribution in [1.29, 1.82) is 0 Å². The van der Waals surface area contributed by atoms with Crippen molar-refractivity contribution in [1.82, 2.24) is 0 Å². The highest BCUT2D eigenvalue weighted by molar-refractivity contribution is 7.90. The number of nitro groups is 1. The van der Waals surface area contributed by atoms with Crippen LogP contribution in [0, 0.1) is 10.1 Å². The Balaban J connectivity index is 3.11. The van der Waals surface area contributed by atoms with Crippen LogP contribution in [0.1, 0.15) is 5.56 Å². The van der Waals surface area contributed by atoms with E-state index < -0.39 is 20.5 Å². The van der Waals surface area contributed by atoms with Crippen molar-refractivity contribution in [2.75, 3.05) is 12.3 Å². The molecule has 6 nitrogen and oxygen atoms in total. The van der Waals surface area contributed by atoms with Crippen molar-refractivity contribution >= 4 is 27.1 Å². The van der Waals surface area contributed by atoms with Gasteiger partial charge in [-0.2, -0.15) is 0 Å². The van der Waals surface area contributed by atoms with Crippen LogP contribution in [-0.4, -0.2) is 25.6 Å². The fourth-order valence-electron chi connectivity index (χ4n) is 1.32. The van der Waals surface area contributed by atoms with E-state index in [0.717, 1.165) is 6.07 Å². The van der Waals surface area contributed by atoms with E-state index in [0.29, 0.717) is 0 Å². The van der Waals surface area contributed by atoms with E-state index in [1.807, 2.05) is 0 Å². The zero-order chi connectivity index (χ0) is 13.1. The van der Waals surface area contributed by atoms with E-state index in [1.54, 1.807) is 0 Å². The number of nitrogens with zero attached hydrogens (tertiary/aromatic N) is 1. The van der Waals surface area contributed by atoms with Crippen LogP contribution in [0.3, 0.4) is 0 Å². The Morgan fingerprint density at radius 3 is 2.59 bits per heavy atom. The predicted octanol–water partition coefficient (Wildman–Crippen LogP) is 1.12. The largest absolute Gasteiger partial charge is 0.329 e. The first-order valence-electron chi connectivity index (χ1n) is 4.69. The molecule has 0 saturated carbocycles. The van der Waals surface area contributed by atoms with Gasteiger partial charge in [-0.25, -0.2) is 8.42 Å². The second kappa shape index (κ2) is 5.44. The third-order valence-electron chi connectivity index (χ3n) is 2.05. The van der Waals surface area contributed by atoms with Gasteiger partial charge in [-0.1, -0.05) is 11.6 Å². The van der Waals surface area contributed by atoms with Gasteiger partial charge in [0.05, 0.1) is 16.4 Å². The molecule has 0 spiro atoms. The maximum absolute atomic E-state index is 11.5. The molecule has 0 unspecified atom stereocenters. The van der Waals surface area contributed by atoms with Crippen molar-refractivity contribution in [2.45, 2.75) is 5.75 Å². The van der Waals surface area contributed by atoms with E-state index in [4.69, 9.17) is 17.3 Å². The Bertz CT molecular complexity index is 530. The minimum Gasteiger partial charge on any atom is -0.329 e. The number of hydrogen-bond acceptors (Lipinski definition) is 5. The van der Waals surface area contributed by atoms with Crippen molar-refractivity contribution < 1.29 is 13.3 Å². The molecule has 0 bridgehead atoms. The molecule has 0 atom stereocenters. The lowest BCUT2D eigenvalue weighted by Gasteiger charge is -2.04. The number of benzene rings is 1. The van der Waals surface area contributed by atoms with Crippen LogP contribution in [0.25, 0.3) is 0 Å².